The molecule has 3 aromatic rings. The van der Waals surface area contributed by atoms with Gasteiger partial charge in [0.1, 0.15) is 5.82 Å². The summed E-state index contributed by atoms with van der Waals surface area (Å²) in [5.74, 6) is 1.89. The van der Waals surface area contributed by atoms with Crippen LogP contribution in [0.4, 0.5) is 0 Å². The molecular weight excluding hydrogens is 234 g/mol. The van der Waals surface area contributed by atoms with Gasteiger partial charge in [-0.25, -0.2) is 9.97 Å². The Bertz CT molecular complexity index is 738. The topological polar surface area (TPSA) is 41.6 Å². The maximum Gasteiger partial charge on any atom is 0.178 e. The molecule has 0 aliphatic heterocycles. The SMILES string of the molecule is CC(C)c1nc2ncc3c(C(C)C)cccc3c2[nH]1. The van der Waals surface area contributed by atoms with E-state index in [0.29, 0.717) is 11.8 Å². The van der Waals surface area contributed by atoms with Crippen LogP contribution in [0.25, 0.3) is 21.9 Å². The largest absolute Gasteiger partial charge is 0.340 e. The fraction of sp³-hybridized carbons (Fsp3) is 0.375. The van der Waals surface area contributed by atoms with Crippen LogP contribution in [0.2, 0.25) is 0 Å². The molecule has 0 fully saturated rings. The van der Waals surface area contributed by atoms with Crippen LogP contribution in [0.3, 0.4) is 0 Å². The molecule has 98 valence electrons. The Kier molecular flexibility index (Phi) is 2.77. The molecule has 0 unspecified atom stereocenters. The lowest BCUT2D eigenvalue weighted by Gasteiger charge is -2.09. The van der Waals surface area contributed by atoms with Crippen molar-refractivity contribution in [3.63, 3.8) is 0 Å². The normalized spacial score (nSPS) is 12.1. The van der Waals surface area contributed by atoms with E-state index in [9.17, 15) is 0 Å². The van der Waals surface area contributed by atoms with Gasteiger partial charge in [-0.15, -0.1) is 0 Å². The summed E-state index contributed by atoms with van der Waals surface area (Å²) in [6.45, 7) is 8.70. The Balaban J connectivity index is 2.37. The van der Waals surface area contributed by atoms with Gasteiger partial charge in [0, 0.05) is 22.9 Å². The van der Waals surface area contributed by atoms with Crippen molar-refractivity contribution in [3.8, 4) is 0 Å². The van der Waals surface area contributed by atoms with E-state index >= 15 is 0 Å². The van der Waals surface area contributed by atoms with Crippen LogP contribution < -0.4 is 0 Å². The number of hydrogen-bond acceptors (Lipinski definition) is 2. The maximum atomic E-state index is 4.57. The molecule has 3 nitrogen and oxygen atoms in total. The number of H-pyrrole nitrogens is 1. The van der Waals surface area contributed by atoms with Crippen LogP contribution in [0.1, 0.15) is 50.9 Å². The first-order valence-corrected chi connectivity index (χ1v) is 6.85. The Morgan fingerprint density at radius 2 is 1.79 bits per heavy atom. The standard InChI is InChI=1S/C16H19N3/c1-9(2)11-6-5-7-12-13(11)8-17-16-14(12)18-15(19-16)10(3)4/h5-10H,1-4H3,(H,17,18,19). The molecule has 0 aliphatic carbocycles. The molecule has 1 N–H and O–H groups in total. The lowest BCUT2D eigenvalue weighted by atomic mass is 9.97. The van der Waals surface area contributed by atoms with Crippen molar-refractivity contribution in [3.05, 3.63) is 35.8 Å². The van der Waals surface area contributed by atoms with Crippen molar-refractivity contribution in [2.24, 2.45) is 0 Å². The van der Waals surface area contributed by atoms with Gasteiger partial charge in [-0.3, -0.25) is 0 Å². The van der Waals surface area contributed by atoms with Gasteiger partial charge in [-0.1, -0.05) is 45.9 Å². The van der Waals surface area contributed by atoms with E-state index in [1.807, 2.05) is 6.20 Å². The van der Waals surface area contributed by atoms with Gasteiger partial charge < -0.3 is 4.98 Å². The molecule has 0 spiro atoms. The number of aromatic amines is 1. The molecule has 0 saturated heterocycles. The van der Waals surface area contributed by atoms with Crippen molar-refractivity contribution in [1.29, 1.82) is 0 Å². The zero-order valence-electron chi connectivity index (χ0n) is 11.9. The van der Waals surface area contributed by atoms with Gasteiger partial charge >= 0.3 is 0 Å². The summed E-state index contributed by atoms with van der Waals surface area (Å²) < 4.78 is 0. The smallest absolute Gasteiger partial charge is 0.178 e. The summed E-state index contributed by atoms with van der Waals surface area (Å²) in [5, 5.41) is 2.44. The third-order valence-corrected chi connectivity index (χ3v) is 3.60. The van der Waals surface area contributed by atoms with E-state index in [-0.39, 0.29) is 0 Å². The van der Waals surface area contributed by atoms with Crippen molar-refractivity contribution in [2.75, 3.05) is 0 Å². The quantitative estimate of drug-likeness (QED) is 0.737. The van der Waals surface area contributed by atoms with Crippen molar-refractivity contribution >= 4 is 21.9 Å². The molecule has 0 atom stereocenters. The van der Waals surface area contributed by atoms with E-state index in [1.54, 1.807) is 0 Å². The Morgan fingerprint density at radius 1 is 1.00 bits per heavy atom. The molecule has 1 aromatic carbocycles. The summed E-state index contributed by atoms with van der Waals surface area (Å²) >= 11 is 0. The number of imidazole rings is 1. The second-order valence-electron chi connectivity index (χ2n) is 5.70. The first-order valence-electron chi connectivity index (χ1n) is 6.85. The predicted molar refractivity (Wildman–Crippen MR) is 79.6 cm³/mol. The van der Waals surface area contributed by atoms with Crippen LogP contribution >= 0.6 is 0 Å². The van der Waals surface area contributed by atoms with Crippen LogP contribution in [0.15, 0.2) is 24.4 Å². The van der Waals surface area contributed by atoms with Crippen molar-refractivity contribution in [1.82, 2.24) is 15.0 Å². The summed E-state index contributed by atoms with van der Waals surface area (Å²) in [5.41, 5.74) is 3.22. The number of hydrogen-bond donors (Lipinski definition) is 1. The number of fused-ring (bicyclic) bond motifs is 3. The number of rotatable bonds is 2. The minimum Gasteiger partial charge on any atom is -0.340 e. The first kappa shape index (κ1) is 12.2. The van der Waals surface area contributed by atoms with Gasteiger partial charge in [0.25, 0.3) is 0 Å². The van der Waals surface area contributed by atoms with Crippen molar-refractivity contribution in [2.45, 2.75) is 39.5 Å². The van der Waals surface area contributed by atoms with Gasteiger partial charge in [-0.05, 0) is 11.5 Å². The van der Waals surface area contributed by atoms with Gasteiger partial charge in [0.05, 0.1) is 5.52 Å². The molecule has 0 bridgehead atoms. The molecule has 3 rings (SSSR count). The molecular formula is C16H19N3. The summed E-state index contributed by atoms with van der Waals surface area (Å²) in [6.07, 6.45) is 1.96. The average molecular weight is 253 g/mol. The second-order valence-corrected chi connectivity index (χ2v) is 5.70. The Morgan fingerprint density at radius 3 is 2.47 bits per heavy atom. The summed E-state index contributed by atoms with van der Waals surface area (Å²) in [7, 11) is 0. The van der Waals surface area contributed by atoms with E-state index in [1.165, 1.54) is 16.3 Å². The van der Waals surface area contributed by atoms with E-state index in [4.69, 9.17) is 0 Å². The maximum absolute atomic E-state index is 4.57. The number of aromatic nitrogens is 3. The molecule has 2 heterocycles. The zero-order valence-corrected chi connectivity index (χ0v) is 11.9. The predicted octanol–water partition coefficient (Wildman–Crippen LogP) is 4.36. The highest BCUT2D eigenvalue weighted by molar-refractivity contribution is 6.03. The van der Waals surface area contributed by atoms with Gasteiger partial charge in [0.2, 0.25) is 0 Å². The van der Waals surface area contributed by atoms with Crippen LogP contribution in [0, 0.1) is 0 Å². The molecule has 0 aliphatic rings. The number of nitrogens with one attached hydrogen (secondary N) is 1. The molecule has 0 amide bonds. The fourth-order valence-corrected chi connectivity index (χ4v) is 2.51. The second kappa shape index (κ2) is 4.34. The van der Waals surface area contributed by atoms with Crippen LogP contribution in [-0.4, -0.2) is 15.0 Å². The van der Waals surface area contributed by atoms with E-state index in [2.05, 4.69) is 60.8 Å². The third-order valence-electron chi connectivity index (χ3n) is 3.60. The molecule has 2 aromatic heterocycles. The molecule has 0 radical (unpaired) electrons. The van der Waals surface area contributed by atoms with E-state index < -0.39 is 0 Å². The van der Waals surface area contributed by atoms with Crippen LogP contribution in [-0.2, 0) is 0 Å². The van der Waals surface area contributed by atoms with Gasteiger partial charge in [-0.2, -0.15) is 0 Å². The lowest BCUT2D eigenvalue weighted by molar-refractivity contribution is 0.798. The highest BCUT2D eigenvalue weighted by Crippen LogP contribution is 2.29. The minimum atomic E-state index is 0.387. The van der Waals surface area contributed by atoms with Crippen molar-refractivity contribution < 1.29 is 0 Å². The number of nitrogens with zero attached hydrogens (tertiary/aromatic N) is 2. The van der Waals surface area contributed by atoms with Gasteiger partial charge in [0.15, 0.2) is 5.65 Å². The number of pyridine rings is 1. The zero-order chi connectivity index (χ0) is 13.6. The molecule has 19 heavy (non-hydrogen) atoms. The highest BCUT2D eigenvalue weighted by Gasteiger charge is 2.12. The van der Waals surface area contributed by atoms with E-state index in [0.717, 1.165) is 17.0 Å². The Labute approximate surface area is 113 Å². The minimum absolute atomic E-state index is 0.387. The fourth-order valence-electron chi connectivity index (χ4n) is 2.51. The highest BCUT2D eigenvalue weighted by atomic mass is 15.0. The number of benzene rings is 1. The third kappa shape index (κ3) is 1.89. The Hall–Kier alpha value is -1.90. The lowest BCUT2D eigenvalue weighted by Crippen LogP contribution is -1.90. The summed E-state index contributed by atoms with van der Waals surface area (Å²) in [4.78, 5) is 12.5. The van der Waals surface area contributed by atoms with Crippen LogP contribution in [0.5, 0.6) is 0 Å². The monoisotopic (exact) mass is 253 g/mol. The summed E-state index contributed by atoms with van der Waals surface area (Å²) in [6, 6.07) is 6.45. The first-order chi connectivity index (χ1) is 9.08. The average Bonchev–Trinajstić information content (AvgIpc) is 2.82. The molecule has 3 heteroatoms. The molecule has 0 saturated carbocycles.